The van der Waals surface area contributed by atoms with Crippen LogP contribution in [-0.2, 0) is 43.3 Å². The summed E-state index contributed by atoms with van der Waals surface area (Å²) in [5.41, 5.74) is 0. The summed E-state index contributed by atoms with van der Waals surface area (Å²) in [7, 11) is 0. The normalized spacial score (nSPS) is 0. The van der Waals surface area contributed by atoms with E-state index in [1.54, 1.807) is 0 Å². The fourth-order valence-electron chi connectivity index (χ4n) is 0. The maximum atomic E-state index is 0. The molecule has 4 N–H and O–H groups in total. The smallest absolute Gasteiger partial charge is 0 e. The van der Waals surface area contributed by atoms with Gasteiger partial charge >= 0.3 is 0 Å². The van der Waals surface area contributed by atoms with Crippen LogP contribution in [-0.4, -0.2) is 11.0 Å². The Balaban J connectivity index is 0. The molecule has 0 aliphatic carbocycles. The molecule has 0 aromatic carbocycles. The van der Waals surface area contributed by atoms with Crippen LogP contribution in [0, 0.1) is 0 Å². The Hall–Kier alpha value is 1.32. The third-order valence-electron chi connectivity index (χ3n) is 0. The van der Waals surface area contributed by atoms with Crippen LogP contribution in [0.25, 0.3) is 0 Å². The molecule has 0 saturated heterocycles. The summed E-state index contributed by atoms with van der Waals surface area (Å²) >= 11 is 0. The number of hydrogen-bond acceptors (Lipinski definition) is 0. The fraction of sp³-hybridized carbons (Fsp3) is 0. The summed E-state index contributed by atoms with van der Waals surface area (Å²) in [5, 5.41) is 0. The molecule has 0 aromatic rings. The maximum Gasteiger partial charge on any atom is 0 e. The van der Waals surface area contributed by atoms with Crippen molar-refractivity contribution in [1.29, 1.82) is 0 Å². The molecule has 0 amide bonds. The third-order valence-corrected chi connectivity index (χ3v) is 0. The summed E-state index contributed by atoms with van der Waals surface area (Å²) < 4.78 is 0. The zero-order valence-electron chi connectivity index (χ0n) is 1.88. The molecule has 27 valence electrons. The Bertz CT molecular complexity index is 6.00. The second-order valence-electron chi connectivity index (χ2n) is 0. The molecular formula is H4MnO2Zr. The Morgan fingerprint density at radius 2 is 0.750 bits per heavy atom. The predicted molar refractivity (Wildman–Crippen MR) is 7.23 cm³/mol. The van der Waals surface area contributed by atoms with Crippen molar-refractivity contribution in [2.24, 2.45) is 0 Å². The SMILES string of the molecule is O.O.[Mn].[Zr]. The zero-order valence-corrected chi connectivity index (χ0v) is 5.52. The quantitative estimate of drug-likeness (QED) is 0.403. The standard InChI is InChI=1S/Mn.2H2O.Zr/h;2*1H2;. The van der Waals surface area contributed by atoms with E-state index in [2.05, 4.69) is 0 Å². The average molecular weight is 182 g/mol. The molecule has 0 aliphatic heterocycles. The molecule has 2 nitrogen and oxygen atoms in total. The van der Waals surface area contributed by atoms with E-state index in [1.165, 1.54) is 0 Å². The second kappa shape index (κ2) is 27.3. The van der Waals surface area contributed by atoms with Gasteiger partial charge < -0.3 is 11.0 Å². The van der Waals surface area contributed by atoms with E-state index in [0.29, 0.717) is 0 Å². The van der Waals surface area contributed by atoms with Crippen molar-refractivity contribution >= 4 is 0 Å². The van der Waals surface area contributed by atoms with E-state index in [1.807, 2.05) is 0 Å². The Morgan fingerprint density at radius 3 is 0.750 bits per heavy atom. The van der Waals surface area contributed by atoms with Crippen LogP contribution in [0.15, 0.2) is 0 Å². The van der Waals surface area contributed by atoms with Crippen LogP contribution >= 0.6 is 0 Å². The van der Waals surface area contributed by atoms with E-state index in [4.69, 9.17) is 0 Å². The molecule has 0 aromatic heterocycles. The molecule has 0 spiro atoms. The van der Waals surface area contributed by atoms with Gasteiger partial charge in [0.25, 0.3) is 0 Å². The Kier molecular flexibility index (Phi) is 388. The van der Waals surface area contributed by atoms with E-state index in [0.717, 1.165) is 0 Å². The molecule has 0 atom stereocenters. The second-order valence-corrected chi connectivity index (χ2v) is 0. The summed E-state index contributed by atoms with van der Waals surface area (Å²) in [4.78, 5) is 0. The van der Waals surface area contributed by atoms with Gasteiger partial charge in [0.2, 0.25) is 0 Å². The predicted octanol–water partition coefficient (Wildman–Crippen LogP) is -1.65. The third kappa shape index (κ3) is 10.2. The van der Waals surface area contributed by atoms with E-state index in [9.17, 15) is 0 Å². The van der Waals surface area contributed by atoms with Gasteiger partial charge in [-0.05, 0) is 0 Å². The summed E-state index contributed by atoms with van der Waals surface area (Å²) in [5.74, 6) is 0. The first-order chi connectivity index (χ1) is 0. The van der Waals surface area contributed by atoms with E-state index >= 15 is 0 Å². The molecule has 4 heavy (non-hydrogen) atoms. The molecule has 0 rings (SSSR count). The van der Waals surface area contributed by atoms with Gasteiger partial charge in [-0.15, -0.1) is 0 Å². The minimum absolute atomic E-state index is 0. The first-order valence-corrected chi connectivity index (χ1v) is 0. The summed E-state index contributed by atoms with van der Waals surface area (Å²) in [6.07, 6.45) is 0. The van der Waals surface area contributed by atoms with Crippen molar-refractivity contribution < 1.29 is 54.2 Å². The van der Waals surface area contributed by atoms with Gasteiger partial charge in [-0.2, -0.15) is 0 Å². The molecule has 0 bridgehead atoms. The van der Waals surface area contributed by atoms with Crippen LogP contribution < -0.4 is 0 Å². The van der Waals surface area contributed by atoms with Crippen LogP contribution in [0.4, 0.5) is 0 Å². The van der Waals surface area contributed by atoms with E-state index in [-0.39, 0.29) is 54.2 Å². The largest absolute Gasteiger partial charge is 0.412 e. The molecule has 0 heterocycles. The fourth-order valence-corrected chi connectivity index (χ4v) is 0. The minimum atomic E-state index is 0. The van der Waals surface area contributed by atoms with Crippen molar-refractivity contribution in [2.45, 2.75) is 0 Å². The van der Waals surface area contributed by atoms with Crippen molar-refractivity contribution in [2.75, 3.05) is 0 Å². The topological polar surface area (TPSA) is 63.0 Å². The van der Waals surface area contributed by atoms with Gasteiger partial charge in [-0.1, -0.05) is 0 Å². The molecule has 0 saturated carbocycles. The monoisotopic (exact) mass is 181 g/mol. The first-order valence-electron chi connectivity index (χ1n) is 0. The van der Waals surface area contributed by atoms with Crippen molar-refractivity contribution in [3.8, 4) is 0 Å². The zero-order chi connectivity index (χ0) is 0. The Labute approximate surface area is 54.2 Å². The van der Waals surface area contributed by atoms with Gasteiger partial charge in [-0.25, -0.2) is 0 Å². The maximum absolute atomic E-state index is 0. The number of hydrogen-bond donors (Lipinski definition) is 0. The average Bonchev–Trinajstić information content (AvgIpc) is 0. The molecular weight excluding hydrogens is 178 g/mol. The van der Waals surface area contributed by atoms with Gasteiger partial charge in [0.15, 0.2) is 0 Å². The summed E-state index contributed by atoms with van der Waals surface area (Å²) in [6, 6.07) is 0. The molecule has 1 radical (unpaired) electrons. The Morgan fingerprint density at radius 1 is 0.750 bits per heavy atom. The molecule has 0 fully saturated rings. The van der Waals surface area contributed by atoms with Crippen molar-refractivity contribution in [3.63, 3.8) is 0 Å². The van der Waals surface area contributed by atoms with Gasteiger partial charge in [0, 0.05) is 43.3 Å². The van der Waals surface area contributed by atoms with Gasteiger partial charge in [0.05, 0.1) is 0 Å². The van der Waals surface area contributed by atoms with Crippen LogP contribution in [0.1, 0.15) is 0 Å². The van der Waals surface area contributed by atoms with Gasteiger partial charge in [-0.3, -0.25) is 0 Å². The van der Waals surface area contributed by atoms with Crippen molar-refractivity contribution in [3.05, 3.63) is 0 Å². The first kappa shape index (κ1) is 56.9. The van der Waals surface area contributed by atoms with Gasteiger partial charge in [0.1, 0.15) is 0 Å². The minimum Gasteiger partial charge on any atom is -0.412 e. The van der Waals surface area contributed by atoms with Crippen molar-refractivity contribution in [1.82, 2.24) is 0 Å². The molecule has 4 heteroatoms. The molecule has 0 aliphatic rings. The summed E-state index contributed by atoms with van der Waals surface area (Å²) in [6.45, 7) is 0. The number of rotatable bonds is 0. The van der Waals surface area contributed by atoms with Crippen LogP contribution in [0.5, 0.6) is 0 Å². The van der Waals surface area contributed by atoms with Crippen LogP contribution in [0.2, 0.25) is 0 Å². The van der Waals surface area contributed by atoms with E-state index < -0.39 is 0 Å². The molecule has 0 unspecified atom stereocenters. The van der Waals surface area contributed by atoms with Crippen LogP contribution in [0.3, 0.4) is 0 Å².